The van der Waals surface area contributed by atoms with Crippen LogP contribution in [0.1, 0.15) is 63.8 Å². The van der Waals surface area contributed by atoms with Crippen molar-refractivity contribution in [3.63, 3.8) is 0 Å². The molecule has 3 unspecified atom stereocenters. The number of allylic oxidation sites excluding steroid dienone is 1. The third-order valence-corrected chi connectivity index (χ3v) is 8.97. The van der Waals surface area contributed by atoms with Gasteiger partial charge in [0.05, 0.1) is 20.1 Å². The minimum absolute atomic E-state index is 0.0781. The minimum atomic E-state index is -0.444. The SMILES string of the molecule is COc1ccc(OC)c2[nH]c(CCCN(C)CCC3(OC(=O)C(C)C)CC4CCCC3C=C4c3ccccc3)nc12. The van der Waals surface area contributed by atoms with Crippen LogP contribution >= 0.6 is 0 Å². The minimum Gasteiger partial charge on any atom is -0.494 e. The Kier molecular flexibility index (Phi) is 9.03. The Morgan fingerprint density at radius 1 is 1.07 bits per heavy atom. The summed E-state index contributed by atoms with van der Waals surface area (Å²) in [6.07, 6.45) is 9.40. The number of aromatic amines is 1. The lowest BCUT2D eigenvalue weighted by Crippen LogP contribution is -2.47. The molecule has 3 aliphatic rings. The molecule has 3 aliphatic carbocycles. The van der Waals surface area contributed by atoms with Crippen LogP contribution in [0.5, 0.6) is 11.5 Å². The molecule has 1 heterocycles. The van der Waals surface area contributed by atoms with Crippen molar-refractivity contribution in [2.45, 2.75) is 64.4 Å². The number of fused-ring (bicyclic) bond motifs is 4. The maximum absolute atomic E-state index is 13.0. The number of ether oxygens (including phenoxy) is 3. The number of hydrogen-bond acceptors (Lipinski definition) is 6. The number of methoxy groups -OCH3 is 2. The molecule has 0 radical (unpaired) electrons. The first-order chi connectivity index (χ1) is 19.8. The van der Waals surface area contributed by atoms with Crippen LogP contribution in [-0.2, 0) is 16.0 Å². The average Bonchev–Trinajstić information content (AvgIpc) is 3.19. The molecule has 41 heavy (non-hydrogen) atoms. The molecule has 1 aromatic heterocycles. The lowest BCUT2D eigenvalue weighted by molar-refractivity contribution is -0.172. The molecule has 2 aromatic carbocycles. The zero-order valence-corrected chi connectivity index (χ0v) is 25.2. The van der Waals surface area contributed by atoms with E-state index in [0.29, 0.717) is 5.92 Å². The molecule has 0 saturated heterocycles. The van der Waals surface area contributed by atoms with Crippen molar-refractivity contribution in [1.82, 2.24) is 14.9 Å². The first-order valence-corrected chi connectivity index (χ1v) is 15.1. The van der Waals surface area contributed by atoms with Gasteiger partial charge in [0.25, 0.3) is 0 Å². The van der Waals surface area contributed by atoms with Crippen molar-refractivity contribution in [3.05, 3.63) is 59.9 Å². The van der Waals surface area contributed by atoms with Crippen molar-refractivity contribution >= 4 is 22.6 Å². The standard InChI is InChI=1S/C34H45N3O4/c1-23(2)33(38)41-34(22-25-13-9-14-26(34)21-27(25)24-11-7-6-8-12-24)18-20-37(3)19-10-15-30-35-31-28(39-4)16-17-29(40-5)32(31)36-30/h6-8,11-12,16-17,21,23,25-26H,9-10,13-15,18-20,22H2,1-5H3,(H,35,36). The number of esters is 1. The van der Waals surface area contributed by atoms with E-state index < -0.39 is 5.60 Å². The number of nitrogens with one attached hydrogen (secondary N) is 1. The number of nitrogens with zero attached hydrogens (tertiary/aromatic N) is 2. The van der Waals surface area contributed by atoms with Crippen LogP contribution in [0.3, 0.4) is 0 Å². The van der Waals surface area contributed by atoms with Crippen LogP contribution in [0.15, 0.2) is 48.5 Å². The van der Waals surface area contributed by atoms with Crippen molar-refractivity contribution in [3.8, 4) is 11.5 Å². The van der Waals surface area contributed by atoms with Gasteiger partial charge in [0.2, 0.25) is 0 Å². The van der Waals surface area contributed by atoms with Gasteiger partial charge in [0.15, 0.2) is 0 Å². The zero-order chi connectivity index (χ0) is 29.0. The smallest absolute Gasteiger partial charge is 0.308 e. The van der Waals surface area contributed by atoms with Crippen LogP contribution in [-0.4, -0.2) is 60.8 Å². The first-order valence-electron chi connectivity index (χ1n) is 15.1. The Morgan fingerprint density at radius 3 is 2.56 bits per heavy atom. The van der Waals surface area contributed by atoms with Crippen LogP contribution in [0, 0.1) is 17.8 Å². The highest BCUT2D eigenvalue weighted by atomic mass is 16.6. The summed E-state index contributed by atoms with van der Waals surface area (Å²) < 4.78 is 17.5. The van der Waals surface area contributed by atoms with E-state index in [-0.39, 0.29) is 17.8 Å². The second kappa shape index (κ2) is 12.7. The van der Waals surface area contributed by atoms with Gasteiger partial charge >= 0.3 is 5.97 Å². The van der Waals surface area contributed by atoms with Gasteiger partial charge in [-0.25, -0.2) is 4.98 Å². The number of carbonyl (C=O) groups is 1. The molecule has 220 valence electrons. The molecule has 3 aromatic rings. The van der Waals surface area contributed by atoms with Crippen molar-refractivity contribution in [2.24, 2.45) is 17.8 Å². The van der Waals surface area contributed by atoms with Gasteiger partial charge in [-0.3, -0.25) is 4.79 Å². The summed E-state index contributed by atoms with van der Waals surface area (Å²) in [7, 11) is 5.50. The Morgan fingerprint density at radius 2 is 1.83 bits per heavy atom. The molecular weight excluding hydrogens is 514 g/mol. The molecule has 6 rings (SSSR count). The number of H-pyrrole nitrogens is 1. The van der Waals surface area contributed by atoms with E-state index in [4.69, 9.17) is 19.2 Å². The van der Waals surface area contributed by atoms with Gasteiger partial charge < -0.3 is 24.1 Å². The number of imidazole rings is 1. The largest absolute Gasteiger partial charge is 0.494 e. The average molecular weight is 560 g/mol. The topological polar surface area (TPSA) is 76.7 Å². The predicted octanol–water partition coefficient (Wildman–Crippen LogP) is 6.68. The quantitative estimate of drug-likeness (QED) is 0.250. The van der Waals surface area contributed by atoms with Gasteiger partial charge in [0, 0.05) is 25.3 Å². The molecule has 1 saturated carbocycles. The molecule has 1 N–H and O–H groups in total. The molecule has 2 bridgehead atoms. The Bertz CT molecular complexity index is 1320. The third-order valence-electron chi connectivity index (χ3n) is 8.97. The van der Waals surface area contributed by atoms with Crippen LogP contribution in [0.25, 0.3) is 16.6 Å². The Labute approximate surface area is 244 Å². The van der Waals surface area contributed by atoms with Gasteiger partial charge in [0.1, 0.15) is 34.0 Å². The van der Waals surface area contributed by atoms with E-state index in [9.17, 15) is 4.79 Å². The fourth-order valence-corrected chi connectivity index (χ4v) is 6.66. The van der Waals surface area contributed by atoms with Crippen molar-refractivity contribution < 1.29 is 19.0 Å². The van der Waals surface area contributed by atoms with E-state index in [2.05, 4.69) is 53.3 Å². The van der Waals surface area contributed by atoms with Crippen LogP contribution < -0.4 is 9.47 Å². The molecular formula is C34H45N3O4. The number of benzene rings is 2. The van der Waals surface area contributed by atoms with Gasteiger partial charge in [-0.15, -0.1) is 0 Å². The summed E-state index contributed by atoms with van der Waals surface area (Å²) in [6.45, 7) is 5.68. The maximum Gasteiger partial charge on any atom is 0.308 e. The fraction of sp³-hybridized carbons (Fsp3) is 0.529. The maximum atomic E-state index is 13.0. The first kappa shape index (κ1) is 29.2. The lowest BCUT2D eigenvalue weighted by atomic mass is 9.69. The normalized spacial score (nSPS) is 22.2. The molecule has 3 atom stereocenters. The molecule has 0 spiro atoms. The summed E-state index contributed by atoms with van der Waals surface area (Å²) >= 11 is 0. The van der Waals surface area contributed by atoms with Gasteiger partial charge in [-0.1, -0.05) is 56.7 Å². The highest BCUT2D eigenvalue weighted by Gasteiger charge is 2.48. The Hall–Kier alpha value is -3.32. The van der Waals surface area contributed by atoms with E-state index in [1.54, 1.807) is 14.2 Å². The molecule has 0 aliphatic heterocycles. The van der Waals surface area contributed by atoms with Crippen LogP contribution in [0.2, 0.25) is 0 Å². The monoisotopic (exact) mass is 559 g/mol. The van der Waals surface area contributed by atoms with E-state index in [1.165, 1.54) is 17.6 Å². The number of rotatable bonds is 12. The number of aromatic nitrogens is 2. The van der Waals surface area contributed by atoms with E-state index in [1.807, 2.05) is 26.0 Å². The third kappa shape index (κ3) is 6.30. The summed E-state index contributed by atoms with van der Waals surface area (Å²) in [5.74, 6) is 2.88. The summed E-state index contributed by atoms with van der Waals surface area (Å²) in [4.78, 5) is 23.6. The second-order valence-electron chi connectivity index (χ2n) is 12.1. The van der Waals surface area contributed by atoms with Crippen molar-refractivity contribution in [2.75, 3.05) is 34.4 Å². The zero-order valence-electron chi connectivity index (χ0n) is 25.2. The summed E-state index contributed by atoms with van der Waals surface area (Å²) in [6, 6.07) is 14.5. The molecule has 7 heteroatoms. The number of hydrogen-bond donors (Lipinski definition) is 1. The number of carbonyl (C=O) groups excluding carboxylic acids is 1. The van der Waals surface area contributed by atoms with Crippen molar-refractivity contribution in [1.29, 1.82) is 0 Å². The lowest BCUT2D eigenvalue weighted by Gasteiger charge is -2.44. The fourth-order valence-electron chi connectivity index (χ4n) is 6.66. The highest BCUT2D eigenvalue weighted by molar-refractivity contribution is 5.87. The summed E-state index contributed by atoms with van der Waals surface area (Å²) in [5.41, 5.74) is 3.98. The van der Waals surface area contributed by atoms with Crippen LogP contribution in [0.4, 0.5) is 0 Å². The summed E-state index contributed by atoms with van der Waals surface area (Å²) in [5, 5.41) is 0. The molecule has 7 nitrogen and oxygen atoms in total. The molecule has 0 amide bonds. The van der Waals surface area contributed by atoms with Gasteiger partial charge in [-0.2, -0.15) is 0 Å². The van der Waals surface area contributed by atoms with E-state index in [0.717, 1.165) is 80.0 Å². The number of aryl methyl sites for hydroxylation is 1. The van der Waals surface area contributed by atoms with E-state index >= 15 is 0 Å². The second-order valence-corrected chi connectivity index (χ2v) is 12.1. The predicted molar refractivity (Wildman–Crippen MR) is 163 cm³/mol. The highest BCUT2D eigenvalue weighted by Crippen LogP contribution is 2.51. The molecule has 1 fully saturated rings. The van der Waals surface area contributed by atoms with Gasteiger partial charge in [-0.05, 0) is 68.5 Å². The Balaban J connectivity index is 1.26.